The van der Waals surface area contributed by atoms with E-state index in [-0.39, 0.29) is 5.56 Å². The number of fused-ring (bicyclic) bond motifs is 1. The van der Waals surface area contributed by atoms with Crippen molar-refractivity contribution in [2.75, 3.05) is 0 Å². The van der Waals surface area contributed by atoms with E-state index in [4.69, 9.17) is 0 Å². The fraction of sp³-hybridized carbons (Fsp3) is 0.400. The van der Waals surface area contributed by atoms with Crippen molar-refractivity contribution in [3.05, 3.63) is 41.9 Å². The monoisotopic (exact) mass is 280 g/mol. The van der Waals surface area contributed by atoms with E-state index in [1.807, 2.05) is 4.57 Å². The van der Waals surface area contributed by atoms with Crippen LogP contribution in [-0.4, -0.2) is 9.55 Å². The summed E-state index contributed by atoms with van der Waals surface area (Å²) in [6.07, 6.45) is -0.524. The van der Waals surface area contributed by atoms with Crippen molar-refractivity contribution in [3.63, 3.8) is 0 Å². The maximum absolute atomic E-state index is 13.1. The minimum absolute atomic E-state index is 0.161. The van der Waals surface area contributed by atoms with Gasteiger partial charge in [0.2, 0.25) is 0 Å². The summed E-state index contributed by atoms with van der Waals surface area (Å²) in [7, 11) is 0. The smallest absolute Gasteiger partial charge is 0.334 e. The first kappa shape index (κ1) is 13.2. The van der Waals surface area contributed by atoms with Crippen molar-refractivity contribution >= 4 is 0 Å². The van der Waals surface area contributed by atoms with Crippen molar-refractivity contribution < 1.29 is 13.2 Å². The molecule has 0 radical (unpaired) electrons. The second-order valence-corrected chi connectivity index (χ2v) is 5.26. The van der Waals surface area contributed by atoms with Crippen molar-refractivity contribution in [2.24, 2.45) is 0 Å². The lowest BCUT2D eigenvalue weighted by molar-refractivity contribution is -0.137. The number of aryl methyl sites for hydroxylation is 1. The van der Waals surface area contributed by atoms with Crippen LogP contribution in [0.2, 0.25) is 0 Å². The van der Waals surface area contributed by atoms with Crippen molar-refractivity contribution in [1.82, 2.24) is 9.55 Å². The number of halogens is 3. The van der Waals surface area contributed by atoms with Gasteiger partial charge in [0.05, 0.1) is 11.3 Å². The lowest BCUT2D eigenvalue weighted by Crippen LogP contribution is -2.12. The van der Waals surface area contributed by atoms with Gasteiger partial charge in [-0.1, -0.05) is 25.1 Å². The number of aromatic nitrogens is 2. The summed E-state index contributed by atoms with van der Waals surface area (Å²) in [6, 6.07) is 5.62. The van der Waals surface area contributed by atoms with Crippen LogP contribution < -0.4 is 0 Å². The summed E-state index contributed by atoms with van der Waals surface area (Å²) < 4.78 is 41.2. The molecule has 3 rings (SSSR count). The Kier molecular flexibility index (Phi) is 3.07. The van der Waals surface area contributed by atoms with E-state index >= 15 is 0 Å². The zero-order valence-corrected chi connectivity index (χ0v) is 11.1. The van der Waals surface area contributed by atoms with Crippen molar-refractivity contribution in [3.8, 4) is 11.3 Å². The Hall–Kier alpha value is -1.78. The molecule has 0 aliphatic carbocycles. The lowest BCUT2D eigenvalue weighted by Gasteiger charge is -2.19. The number of imidazole rings is 1. The van der Waals surface area contributed by atoms with Crippen molar-refractivity contribution in [2.45, 2.75) is 38.4 Å². The fourth-order valence-electron chi connectivity index (χ4n) is 2.78. The first-order chi connectivity index (χ1) is 9.47. The predicted octanol–water partition coefficient (Wildman–Crippen LogP) is 4.47. The molecule has 0 saturated carbocycles. The molecule has 1 atom stereocenters. The quantitative estimate of drug-likeness (QED) is 0.753. The van der Waals surface area contributed by atoms with E-state index in [1.165, 1.54) is 12.1 Å². The SMILES string of the molecule is CC1CCCn2cc(-c3ccccc3C(F)(F)F)nc21. The van der Waals surface area contributed by atoms with Gasteiger partial charge in [0.25, 0.3) is 0 Å². The molecule has 2 nitrogen and oxygen atoms in total. The maximum atomic E-state index is 13.1. The highest BCUT2D eigenvalue weighted by atomic mass is 19.4. The largest absolute Gasteiger partial charge is 0.417 e. The molecule has 1 aromatic heterocycles. The average molecular weight is 280 g/mol. The molecule has 1 unspecified atom stereocenters. The zero-order valence-electron chi connectivity index (χ0n) is 11.1. The molecule has 0 fully saturated rings. The van der Waals surface area contributed by atoms with Gasteiger partial charge in [0.1, 0.15) is 5.82 Å². The summed E-state index contributed by atoms with van der Waals surface area (Å²) in [6.45, 7) is 2.90. The van der Waals surface area contributed by atoms with Gasteiger partial charge < -0.3 is 4.57 Å². The minimum atomic E-state index is -4.35. The zero-order chi connectivity index (χ0) is 14.3. The van der Waals surface area contributed by atoms with Crippen LogP contribution in [0, 0.1) is 0 Å². The van der Waals surface area contributed by atoms with Gasteiger partial charge in [0, 0.05) is 24.2 Å². The Bertz CT molecular complexity index is 628. The van der Waals surface area contributed by atoms with E-state index in [2.05, 4.69) is 11.9 Å². The molecule has 106 valence electrons. The topological polar surface area (TPSA) is 17.8 Å². The normalized spacial score (nSPS) is 18.9. The van der Waals surface area contributed by atoms with Crippen LogP contribution in [0.3, 0.4) is 0 Å². The molecular weight excluding hydrogens is 265 g/mol. The summed E-state index contributed by atoms with van der Waals surface area (Å²) in [5.41, 5.74) is -0.0427. The molecule has 20 heavy (non-hydrogen) atoms. The fourth-order valence-corrected chi connectivity index (χ4v) is 2.78. The first-order valence-electron chi connectivity index (χ1n) is 6.70. The van der Waals surface area contributed by atoms with Gasteiger partial charge in [-0.2, -0.15) is 13.2 Å². The molecule has 2 heterocycles. The molecule has 0 spiro atoms. The molecule has 1 aliphatic heterocycles. The molecule has 0 bridgehead atoms. The Labute approximate surface area is 115 Å². The van der Waals surface area contributed by atoms with Crippen LogP contribution in [0.5, 0.6) is 0 Å². The van der Waals surface area contributed by atoms with Crippen LogP contribution in [0.25, 0.3) is 11.3 Å². The Morgan fingerprint density at radius 3 is 2.70 bits per heavy atom. The molecule has 1 aromatic carbocycles. The second-order valence-electron chi connectivity index (χ2n) is 5.26. The van der Waals surface area contributed by atoms with Gasteiger partial charge >= 0.3 is 6.18 Å². The molecule has 0 N–H and O–H groups in total. The van der Waals surface area contributed by atoms with Crippen LogP contribution >= 0.6 is 0 Å². The first-order valence-corrected chi connectivity index (χ1v) is 6.70. The predicted molar refractivity (Wildman–Crippen MR) is 70.3 cm³/mol. The highest BCUT2D eigenvalue weighted by Gasteiger charge is 2.34. The highest BCUT2D eigenvalue weighted by molar-refractivity contribution is 5.64. The molecule has 1 aliphatic rings. The molecule has 2 aromatic rings. The Balaban J connectivity index is 2.11. The van der Waals surface area contributed by atoms with Gasteiger partial charge in [-0.15, -0.1) is 0 Å². The van der Waals surface area contributed by atoms with Gasteiger partial charge in [-0.3, -0.25) is 0 Å². The van der Waals surface area contributed by atoms with E-state index in [1.54, 1.807) is 12.3 Å². The third kappa shape index (κ3) is 2.21. The van der Waals surface area contributed by atoms with Crippen LogP contribution in [0.4, 0.5) is 13.2 Å². The van der Waals surface area contributed by atoms with Gasteiger partial charge in [0.15, 0.2) is 0 Å². The average Bonchev–Trinajstić information content (AvgIpc) is 2.83. The molecule has 5 heteroatoms. The third-order valence-electron chi connectivity index (χ3n) is 3.79. The molecular formula is C15H15F3N2. The lowest BCUT2D eigenvalue weighted by atomic mass is 10.0. The summed E-state index contributed by atoms with van der Waals surface area (Å²) >= 11 is 0. The number of rotatable bonds is 1. The van der Waals surface area contributed by atoms with E-state index in [0.717, 1.165) is 31.3 Å². The molecule has 0 amide bonds. The Morgan fingerprint density at radius 1 is 1.25 bits per heavy atom. The number of hydrogen-bond donors (Lipinski definition) is 0. The van der Waals surface area contributed by atoms with E-state index in [0.29, 0.717) is 11.6 Å². The third-order valence-corrected chi connectivity index (χ3v) is 3.79. The summed E-state index contributed by atoms with van der Waals surface area (Å²) in [5.74, 6) is 1.19. The summed E-state index contributed by atoms with van der Waals surface area (Å²) in [4.78, 5) is 4.44. The second kappa shape index (κ2) is 4.65. The summed E-state index contributed by atoms with van der Waals surface area (Å²) in [5, 5.41) is 0. The van der Waals surface area contributed by atoms with Gasteiger partial charge in [-0.05, 0) is 18.9 Å². The van der Waals surface area contributed by atoms with Crippen LogP contribution in [0.15, 0.2) is 30.5 Å². The number of benzene rings is 1. The van der Waals surface area contributed by atoms with Crippen LogP contribution in [0.1, 0.15) is 37.1 Å². The number of nitrogens with zero attached hydrogens (tertiary/aromatic N) is 2. The van der Waals surface area contributed by atoms with Crippen LogP contribution in [-0.2, 0) is 12.7 Å². The van der Waals surface area contributed by atoms with Gasteiger partial charge in [-0.25, -0.2) is 4.98 Å². The Morgan fingerprint density at radius 2 is 2.00 bits per heavy atom. The maximum Gasteiger partial charge on any atom is 0.417 e. The van der Waals surface area contributed by atoms with E-state index in [9.17, 15) is 13.2 Å². The number of alkyl halides is 3. The minimum Gasteiger partial charge on any atom is -0.334 e. The molecule has 0 saturated heterocycles. The number of hydrogen-bond acceptors (Lipinski definition) is 1. The standard InChI is InChI=1S/C15H15F3N2/c1-10-5-4-8-20-9-13(19-14(10)20)11-6-2-3-7-12(11)15(16,17)18/h2-3,6-7,9-10H,4-5,8H2,1H3. The highest BCUT2D eigenvalue weighted by Crippen LogP contribution is 2.37. The van der Waals surface area contributed by atoms with Crippen molar-refractivity contribution in [1.29, 1.82) is 0 Å². The van der Waals surface area contributed by atoms with E-state index < -0.39 is 11.7 Å².